The molecule has 0 saturated heterocycles. The van der Waals surface area contributed by atoms with Crippen LogP contribution in [-0.4, -0.2) is 89.0 Å². The van der Waals surface area contributed by atoms with E-state index in [0.29, 0.717) is 59.7 Å². The van der Waals surface area contributed by atoms with Crippen molar-refractivity contribution in [2.45, 2.75) is 108 Å². The molecule has 6 atom stereocenters. The summed E-state index contributed by atoms with van der Waals surface area (Å²) in [6, 6.07) is 14.5. The summed E-state index contributed by atoms with van der Waals surface area (Å²) in [5, 5.41) is 10.5. The van der Waals surface area contributed by atoms with Gasteiger partial charge in [-0.25, -0.2) is 35.6 Å². The number of benzene rings is 4. The number of halogens is 10. The fourth-order valence-corrected chi connectivity index (χ4v) is 14.9. The van der Waals surface area contributed by atoms with Gasteiger partial charge in [0, 0.05) is 47.3 Å². The van der Waals surface area contributed by atoms with E-state index in [-0.39, 0.29) is 57.4 Å². The second-order valence-electron chi connectivity index (χ2n) is 18.7. The summed E-state index contributed by atoms with van der Waals surface area (Å²) in [7, 11) is -0.409. The Hall–Kier alpha value is -4.42. The van der Waals surface area contributed by atoms with Crippen LogP contribution in [0.1, 0.15) is 82.6 Å². The van der Waals surface area contributed by atoms with Crippen LogP contribution < -0.4 is 10.6 Å². The summed E-state index contributed by atoms with van der Waals surface area (Å²) in [4.78, 5) is 10.9. The zero-order chi connectivity index (χ0) is 53.9. The van der Waals surface area contributed by atoms with E-state index >= 15 is 8.78 Å². The number of hydrogen-bond donors (Lipinski definition) is 2. The zero-order valence-corrected chi connectivity index (χ0v) is 45.0. The predicted molar refractivity (Wildman–Crippen MR) is 275 cm³/mol. The Morgan fingerprint density at radius 3 is 1.30 bits per heavy atom. The van der Waals surface area contributed by atoms with Crippen LogP contribution in [0.15, 0.2) is 106 Å². The first kappa shape index (κ1) is 57.3. The number of nitrogens with one attached hydrogen (secondary N) is 2. The number of anilines is 2. The van der Waals surface area contributed by atoms with Crippen LogP contribution in [0.4, 0.5) is 46.5 Å². The molecule has 2 N–H and O–H groups in total. The van der Waals surface area contributed by atoms with E-state index in [1.54, 1.807) is 22.9 Å². The summed E-state index contributed by atoms with van der Waals surface area (Å²) in [5.74, 6) is -3.02. The molecule has 6 aromatic rings. The van der Waals surface area contributed by atoms with Crippen LogP contribution in [0, 0.1) is 11.6 Å². The van der Waals surface area contributed by atoms with Gasteiger partial charge in [-0.05, 0) is 126 Å². The molecule has 0 unspecified atom stereocenters. The molecule has 74 heavy (non-hydrogen) atoms. The molecular formula is C50H52Cl2F8N6O4S4. The molecule has 0 radical (unpaired) electrons. The van der Waals surface area contributed by atoms with Gasteiger partial charge >= 0.3 is 12.4 Å². The van der Waals surface area contributed by atoms with Gasteiger partial charge in [0.15, 0.2) is 19.7 Å². The molecule has 2 fully saturated rings. The van der Waals surface area contributed by atoms with Crippen LogP contribution in [0.25, 0.3) is 0 Å². The average Bonchev–Trinajstić information content (AvgIpc) is 4.05. The van der Waals surface area contributed by atoms with E-state index in [0.717, 1.165) is 59.1 Å². The van der Waals surface area contributed by atoms with Crippen molar-refractivity contribution >= 4 is 76.9 Å². The highest BCUT2D eigenvalue weighted by Gasteiger charge is 2.38. The molecule has 10 nitrogen and oxygen atoms in total. The molecule has 24 heteroatoms. The lowest BCUT2D eigenvalue weighted by Crippen LogP contribution is -2.47. The van der Waals surface area contributed by atoms with Crippen molar-refractivity contribution in [3.05, 3.63) is 150 Å². The molecule has 2 saturated carbocycles. The monoisotopic (exact) mass is 1150 g/mol. The summed E-state index contributed by atoms with van der Waals surface area (Å²) in [6.45, 7) is 0. The van der Waals surface area contributed by atoms with Crippen LogP contribution >= 0.6 is 45.9 Å². The maximum atomic E-state index is 15.1. The van der Waals surface area contributed by atoms with Crippen molar-refractivity contribution in [1.82, 2.24) is 19.8 Å². The molecule has 4 aromatic carbocycles. The lowest BCUT2D eigenvalue weighted by Gasteiger charge is -2.41. The fourth-order valence-electron chi connectivity index (χ4n) is 9.68. The first-order valence-corrected chi connectivity index (χ1v) is 28.9. The number of thiazole rings is 2. The third-order valence-corrected chi connectivity index (χ3v) is 19.1. The summed E-state index contributed by atoms with van der Waals surface area (Å²) in [5.41, 5.74) is 0.273. The Morgan fingerprint density at radius 2 is 0.973 bits per heavy atom. The summed E-state index contributed by atoms with van der Waals surface area (Å²) >= 11 is 15.1. The van der Waals surface area contributed by atoms with Crippen LogP contribution in [0.3, 0.4) is 0 Å². The normalized spacial score (nSPS) is 20.8. The molecule has 0 amide bonds. The molecule has 2 heterocycles. The molecule has 2 aromatic heterocycles. The Balaban J connectivity index is 0.000000216. The number of likely N-dealkylation sites (N-methyl/N-ethyl adjacent to an activating group) is 2. The summed E-state index contributed by atoms with van der Waals surface area (Å²) < 4.78 is 161. The number of alkyl halides is 6. The second kappa shape index (κ2) is 23.4. The van der Waals surface area contributed by atoms with Crippen molar-refractivity contribution in [2.75, 3.05) is 38.8 Å². The molecule has 0 spiro atoms. The molecule has 2 aliphatic rings. The van der Waals surface area contributed by atoms with Crippen molar-refractivity contribution < 1.29 is 52.0 Å². The van der Waals surface area contributed by atoms with E-state index in [4.69, 9.17) is 23.2 Å². The lowest BCUT2D eigenvalue weighted by molar-refractivity contribution is -0.138. The third kappa shape index (κ3) is 14.1. The first-order chi connectivity index (χ1) is 34.7. The fraction of sp³-hybridized carbons (Fsp3) is 0.400. The average molecular weight is 1150 g/mol. The van der Waals surface area contributed by atoms with Gasteiger partial charge < -0.3 is 20.4 Å². The smallest absolute Gasteiger partial charge is 0.379 e. The summed E-state index contributed by atoms with van der Waals surface area (Å²) in [6.07, 6.45) is -2.14. The molecule has 2 aliphatic carbocycles. The maximum absolute atomic E-state index is 15.1. The molecular weight excluding hydrogens is 1100 g/mol. The SMILES string of the molecule is CN(C)[C@@H]1CC[C@H](c2cccc(C(F)(F)F)c2)C[C@H]1Nc1cc(F)c(S(=O)(=O)Cc2nccs2)cc1Cl.CN(C)[C@H]1CC[C@@H](c2cccc(C(F)(F)F)c2)C[C@@H]1Nc1cc(F)c(S(=O)(=O)Cc2nccs2)cc1Cl. The number of aromatic nitrogens is 2. The van der Waals surface area contributed by atoms with Crippen LogP contribution in [0.5, 0.6) is 0 Å². The van der Waals surface area contributed by atoms with E-state index in [9.17, 15) is 43.2 Å². The Bertz CT molecular complexity index is 2900. The van der Waals surface area contributed by atoms with E-state index in [2.05, 4.69) is 20.6 Å². The van der Waals surface area contributed by atoms with Crippen molar-refractivity contribution in [3.8, 4) is 0 Å². The lowest BCUT2D eigenvalue weighted by atomic mass is 9.78. The van der Waals surface area contributed by atoms with Crippen molar-refractivity contribution in [3.63, 3.8) is 0 Å². The predicted octanol–water partition coefficient (Wildman–Crippen LogP) is 13.2. The molecule has 0 bridgehead atoms. The first-order valence-electron chi connectivity index (χ1n) is 23.1. The second-order valence-corrected chi connectivity index (χ2v) is 25.4. The van der Waals surface area contributed by atoms with Crippen LogP contribution in [0.2, 0.25) is 10.0 Å². The van der Waals surface area contributed by atoms with Gasteiger partial charge in [0.2, 0.25) is 0 Å². The topological polar surface area (TPSA) is 125 Å². The van der Waals surface area contributed by atoms with Gasteiger partial charge in [-0.3, -0.25) is 0 Å². The Kier molecular flexibility index (Phi) is 18.2. The minimum atomic E-state index is -4.43. The van der Waals surface area contributed by atoms with E-state index in [1.165, 1.54) is 36.7 Å². The number of nitrogens with zero attached hydrogens (tertiary/aromatic N) is 4. The van der Waals surface area contributed by atoms with Crippen LogP contribution in [-0.2, 0) is 43.5 Å². The highest BCUT2D eigenvalue weighted by molar-refractivity contribution is 7.91. The largest absolute Gasteiger partial charge is 0.416 e. The van der Waals surface area contributed by atoms with Gasteiger partial charge in [-0.15, -0.1) is 22.7 Å². The van der Waals surface area contributed by atoms with Crippen molar-refractivity contribution in [2.24, 2.45) is 0 Å². The maximum Gasteiger partial charge on any atom is 0.416 e. The number of sulfone groups is 2. The molecule has 0 aliphatic heterocycles. The minimum absolute atomic E-state index is 0.00879. The molecule has 8 rings (SSSR count). The highest BCUT2D eigenvalue weighted by atomic mass is 35.5. The molecule has 400 valence electrons. The number of hydrogen-bond acceptors (Lipinski definition) is 12. The quantitative estimate of drug-likeness (QED) is 0.102. The van der Waals surface area contributed by atoms with Gasteiger partial charge in [-0.2, -0.15) is 26.3 Å². The standard InChI is InChI=1S/2C25H26ClF4N3O2S2/c2*1-33(2)22-7-6-16(15-4-3-5-17(10-15)25(28,29)30)11-21(22)32-20-13-19(27)23(12-18(20)26)37(34,35)14-24-31-8-9-36-24/h2*3-5,8-10,12-13,16,21-22,32H,6-7,11,14H2,1-2H3/t2*16-,21+,22+/m10/s1. The van der Waals surface area contributed by atoms with E-state index in [1.807, 2.05) is 38.0 Å². The Labute approximate surface area is 443 Å². The third-order valence-electron chi connectivity index (χ3n) is 13.3. The van der Waals surface area contributed by atoms with Gasteiger partial charge in [0.05, 0.1) is 32.5 Å². The van der Waals surface area contributed by atoms with Gasteiger partial charge in [-0.1, -0.05) is 59.6 Å². The zero-order valence-electron chi connectivity index (χ0n) is 40.2. The number of rotatable bonds is 14. The van der Waals surface area contributed by atoms with E-state index < -0.39 is 76.1 Å². The highest BCUT2D eigenvalue weighted by Crippen LogP contribution is 2.42. The van der Waals surface area contributed by atoms with Crippen molar-refractivity contribution in [1.29, 1.82) is 0 Å². The van der Waals surface area contributed by atoms with Gasteiger partial charge in [0.1, 0.15) is 42.9 Å². The Morgan fingerprint density at radius 1 is 0.595 bits per heavy atom. The minimum Gasteiger partial charge on any atom is -0.379 e. The van der Waals surface area contributed by atoms with Gasteiger partial charge in [0.25, 0.3) is 0 Å².